The number of rotatable bonds is 15. The van der Waals surface area contributed by atoms with Gasteiger partial charge in [0.15, 0.2) is 24.4 Å². The Morgan fingerprint density at radius 1 is 0.861 bits per heavy atom. The molecular weight excluding hydrogens is 498 g/mol. The number of aryl methyl sites for hydroxylation is 1. The van der Waals surface area contributed by atoms with Crippen LogP contribution in [0.15, 0.2) is 30.3 Å². The van der Waals surface area contributed by atoms with Crippen LogP contribution in [-0.4, -0.2) is 44.2 Å². The van der Waals surface area contributed by atoms with Crippen LogP contribution < -0.4 is 38.4 Å². The van der Waals surface area contributed by atoms with E-state index >= 15 is 0 Å². The van der Waals surface area contributed by atoms with Gasteiger partial charge >= 0.3 is 18.9 Å². The van der Waals surface area contributed by atoms with Gasteiger partial charge in [-0.25, -0.2) is 0 Å². The van der Waals surface area contributed by atoms with Gasteiger partial charge in [0.05, 0.1) is 10.3 Å². The second-order valence-corrected chi connectivity index (χ2v) is 9.21. The maximum atomic E-state index is 13.4. The first-order valence-corrected chi connectivity index (χ1v) is 13.2. The van der Waals surface area contributed by atoms with Gasteiger partial charge < -0.3 is 28.4 Å². The van der Waals surface area contributed by atoms with Crippen molar-refractivity contribution in [2.24, 2.45) is 0 Å². The van der Waals surface area contributed by atoms with E-state index in [9.17, 15) is 4.79 Å². The molecule has 10 heteroatoms. The summed E-state index contributed by atoms with van der Waals surface area (Å²) in [6.45, 7) is 14.3. The zero-order chi connectivity index (χ0) is 26.0. The topological polar surface area (TPSA) is 72.5 Å². The van der Waals surface area contributed by atoms with Gasteiger partial charge in [0.1, 0.15) is 17.2 Å². The van der Waals surface area contributed by atoms with Gasteiger partial charge in [-0.3, -0.25) is 4.79 Å². The number of halogens is 1. The van der Waals surface area contributed by atoms with Crippen molar-refractivity contribution >= 4 is 31.0 Å². The number of carbonyl (C=O) groups excluding carboxylic acids is 1. The van der Waals surface area contributed by atoms with E-state index in [4.69, 9.17) is 40.0 Å². The van der Waals surface area contributed by atoms with Crippen LogP contribution in [0.5, 0.6) is 17.2 Å². The fourth-order valence-electron chi connectivity index (χ4n) is 3.39. The number of hydrogen-bond donors (Lipinski definition) is 0. The van der Waals surface area contributed by atoms with Crippen molar-refractivity contribution in [2.75, 3.05) is 19.8 Å². The second-order valence-electron chi connectivity index (χ2n) is 7.60. The average Bonchev–Trinajstić information content (AvgIpc) is 2.76. The van der Waals surface area contributed by atoms with Crippen LogP contribution >= 0.6 is 20.2 Å². The summed E-state index contributed by atoms with van der Waals surface area (Å²) in [5.74, 6) is 1.31. The van der Waals surface area contributed by atoms with Crippen molar-refractivity contribution in [3.8, 4) is 17.2 Å². The van der Waals surface area contributed by atoms with E-state index in [1.807, 2.05) is 39.8 Å². The molecule has 4 atom stereocenters. The largest absolute Gasteiger partial charge is 1.00 e. The van der Waals surface area contributed by atoms with Crippen molar-refractivity contribution < 1.29 is 52.1 Å². The summed E-state index contributed by atoms with van der Waals surface area (Å²) in [5.41, 5.74) is 1.15. The quantitative estimate of drug-likeness (QED) is 0.198. The fraction of sp³-hybridized carbons (Fsp3) is 0.500. The molecule has 0 aromatic heterocycles. The van der Waals surface area contributed by atoms with Gasteiger partial charge in [-0.2, -0.15) is 0 Å². The Morgan fingerprint density at radius 3 is 1.78 bits per heavy atom. The van der Waals surface area contributed by atoms with E-state index < -0.39 is 18.9 Å². The molecular formula is C26H36ClLiO7P+. The van der Waals surface area contributed by atoms with Crippen molar-refractivity contribution in [1.29, 1.82) is 0 Å². The molecule has 0 aliphatic heterocycles. The van der Waals surface area contributed by atoms with Crippen LogP contribution in [0.25, 0.3) is 0 Å². The third-order valence-electron chi connectivity index (χ3n) is 4.82. The third kappa shape index (κ3) is 9.87. The second kappa shape index (κ2) is 16.5. The summed E-state index contributed by atoms with van der Waals surface area (Å²) in [4.78, 5) is 13.4. The Kier molecular flexibility index (Phi) is 15.0. The molecule has 7 nitrogen and oxygen atoms in total. The number of benzene rings is 2. The van der Waals surface area contributed by atoms with Gasteiger partial charge in [-0.05, 0) is 68.7 Å². The molecule has 4 unspecified atom stereocenters. The first-order valence-electron chi connectivity index (χ1n) is 11.8. The summed E-state index contributed by atoms with van der Waals surface area (Å²) in [5, 5.41) is 0.979. The normalized spacial score (nSPS) is 13.7. The van der Waals surface area contributed by atoms with Crippen molar-refractivity contribution in [3.05, 3.63) is 46.5 Å². The van der Waals surface area contributed by atoms with Crippen LogP contribution in [0, 0.1) is 6.92 Å². The van der Waals surface area contributed by atoms with Crippen LogP contribution in [0.1, 0.15) is 57.5 Å². The van der Waals surface area contributed by atoms with Gasteiger partial charge in [0.25, 0.3) is 0 Å². The predicted octanol–water partition coefficient (Wildman–Crippen LogP) is 3.08. The Labute approximate surface area is 233 Å². The zero-order valence-electron chi connectivity index (χ0n) is 22.5. The molecule has 0 spiro atoms. The molecule has 36 heavy (non-hydrogen) atoms. The molecule has 0 N–H and O–H groups in total. The minimum absolute atomic E-state index is 0. The molecule has 0 bridgehead atoms. The van der Waals surface area contributed by atoms with E-state index in [0.717, 1.165) is 5.56 Å². The minimum atomic E-state index is -0.558. The molecule has 0 fully saturated rings. The maximum absolute atomic E-state index is 13.4. The van der Waals surface area contributed by atoms with Crippen LogP contribution in [0.2, 0.25) is 5.02 Å². The zero-order valence-corrected chi connectivity index (χ0v) is 24.2. The number of ether oxygens (including phenoxy) is 6. The van der Waals surface area contributed by atoms with Crippen molar-refractivity contribution in [2.45, 2.75) is 67.3 Å². The van der Waals surface area contributed by atoms with Crippen molar-refractivity contribution in [3.63, 3.8) is 0 Å². The van der Waals surface area contributed by atoms with Crippen molar-refractivity contribution in [1.82, 2.24) is 0 Å². The molecule has 0 heterocycles. The van der Waals surface area contributed by atoms with E-state index in [1.165, 1.54) is 0 Å². The predicted molar refractivity (Wildman–Crippen MR) is 140 cm³/mol. The smallest absolute Gasteiger partial charge is 0.465 e. The van der Waals surface area contributed by atoms with E-state index in [1.54, 1.807) is 39.0 Å². The molecule has 0 aliphatic carbocycles. The van der Waals surface area contributed by atoms with E-state index in [-0.39, 0.29) is 33.0 Å². The Hall–Kier alpha value is -1.29. The standard InChI is InChI=1S/C26H36ClO7P.Li/c1-8-29-17(5)32-20-14-22(33-18(6)30-9-2)25(23(15-20)34-19(7)31-10-3)35-26(28)24-16(4)12-11-13-21(24)27;/h11-15,17-19,35H,8-10H2,1-7H3;/q;+1. The van der Waals surface area contributed by atoms with Gasteiger partial charge in [-0.1, -0.05) is 23.7 Å². The fourth-order valence-corrected chi connectivity index (χ4v) is 4.97. The summed E-state index contributed by atoms with van der Waals surface area (Å²) < 4.78 is 34.9. The summed E-state index contributed by atoms with van der Waals surface area (Å²) >= 11 is 6.38. The average molecular weight is 534 g/mol. The number of hydrogen-bond acceptors (Lipinski definition) is 7. The molecule has 194 valence electrons. The monoisotopic (exact) mass is 533 g/mol. The Balaban J connectivity index is 0.00000648. The third-order valence-corrected chi connectivity index (χ3v) is 6.35. The van der Waals surface area contributed by atoms with Crippen LogP contribution in [0.4, 0.5) is 0 Å². The first kappa shape index (κ1) is 32.7. The van der Waals surface area contributed by atoms with Crippen LogP contribution in [0.3, 0.4) is 0 Å². The molecule has 0 saturated carbocycles. The number of carbonyl (C=O) groups is 1. The summed E-state index contributed by atoms with van der Waals surface area (Å²) in [6, 6.07) is 8.83. The SMILES string of the molecule is CCOC(C)Oc1cc(OC(C)OCC)c(PC(=O)c2c(C)cccc2Cl)c(OC(C)OCC)c1.[Li+]. The molecule has 2 aromatic rings. The van der Waals surface area contributed by atoms with E-state index in [0.29, 0.717) is 53.0 Å². The maximum Gasteiger partial charge on any atom is 1.00 e. The molecule has 0 radical (unpaired) electrons. The Bertz CT molecular complexity index is 920. The van der Waals surface area contributed by atoms with Gasteiger partial charge in [0, 0.05) is 37.5 Å². The summed E-state index contributed by atoms with van der Waals surface area (Å²) in [7, 11) is -0.329. The minimum Gasteiger partial charge on any atom is -0.465 e. The molecule has 0 aliphatic rings. The first-order chi connectivity index (χ1) is 16.7. The van der Waals surface area contributed by atoms with Crippen LogP contribution in [-0.2, 0) is 14.2 Å². The molecule has 0 saturated heterocycles. The van der Waals surface area contributed by atoms with Gasteiger partial charge in [0.2, 0.25) is 0 Å². The Morgan fingerprint density at radius 2 is 1.33 bits per heavy atom. The molecule has 2 aromatic carbocycles. The molecule has 0 amide bonds. The summed E-state index contributed by atoms with van der Waals surface area (Å²) in [6.07, 6.45) is -1.61. The van der Waals surface area contributed by atoms with E-state index in [2.05, 4.69) is 0 Å². The molecule has 2 rings (SSSR count). The van der Waals surface area contributed by atoms with Gasteiger partial charge in [-0.15, -0.1) is 0 Å².